The predicted molar refractivity (Wildman–Crippen MR) is 145 cm³/mol. The lowest BCUT2D eigenvalue weighted by Crippen LogP contribution is -2.35. The number of fused-ring (bicyclic) bond motifs is 1. The SMILES string of the molecule is N#Cc1ccc(OP(=O)([O-])CNS(=O)(=O)c2cc3cc(OCC[n+]4ccccc4)c(OCCCl)cc3s2)cc1F. The van der Waals surface area contributed by atoms with E-state index in [0.29, 0.717) is 34.7 Å². The molecule has 10 nitrogen and oxygen atoms in total. The highest BCUT2D eigenvalue weighted by atomic mass is 35.5. The van der Waals surface area contributed by atoms with Gasteiger partial charge in [-0.15, -0.1) is 22.9 Å². The number of ether oxygens (including phenoxy) is 2. The van der Waals surface area contributed by atoms with Crippen LogP contribution >= 0.6 is 30.5 Å². The van der Waals surface area contributed by atoms with Crippen molar-refractivity contribution in [3.63, 3.8) is 0 Å². The van der Waals surface area contributed by atoms with Crippen LogP contribution in [0, 0.1) is 17.1 Å². The summed E-state index contributed by atoms with van der Waals surface area (Å²) in [4.78, 5) is 12.4. The van der Waals surface area contributed by atoms with Crippen LogP contribution in [-0.2, 0) is 21.1 Å². The summed E-state index contributed by atoms with van der Waals surface area (Å²) in [6, 6.07) is 14.8. The van der Waals surface area contributed by atoms with Gasteiger partial charge in [0.1, 0.15) is 35.1 Å². The third kappa shape index (κ3) is 7.69. The molecule has 0 radical (unpaired) electrons. The molecule has 40 heavy (non-hydrogen) atoms. The molecule has 4 rings (SSSR count). The van der Waals surface area contributed by atoms with Crippen molar-refractivity contribution in [1.82, 2.24) is 4.72 Å². The lowest BCUT2D eigenvalue weighted by Gasteiger charge is -2.24. The molecule has 1 unspecified atom stereocenters. The van der Waals surface area contributed by atoms with E-state index in [4.69, 9.17) is 30.9 Å². The van der Waals surface area contributed by atoms with E-state index in [-0.39, 0.29) is 22.3 Å². The van der Waals surface area contributed by atoms with Gasteiger partial charge in [0.15, 0.2) is 38.0 Å². The van der Waals surface area contributed by atoms with Crippen LogP contribution in [0.1, 0.15) is 5.56 Å². The van der Waals surface area contributed by atoms with Crippen LogP contribution in [0.2, 0.25) is 0 Å². The van der Waals surface area contributed by atoms with Crippen LogP contribution < -0.4 is 28.2 Å². The van der Waals surface area contributed by atoms with Crippen molar-refractivity contribution in [2.45, 2.75) is 10.8 Å². The van der Waals surface area contributed by atoms with Crippen molar-refractivity contribution < 1.29 is 40.8 Å². The van der Waals surface area contributed by atoms with Crippen molar-refractivity contribution >= 4 is 50.6 Å². The molecule has 210 valence electrons. The Morgan fingerprint density at radius 2 is 1.82 bits per heavy atom. The van der Waals surface area contributed by atoms with Crippen LogP contribution in [0.4, 0.5) is 4.39 Å². The standard InChI is InChI=1S/C25H22ClFN3O7PS2/c26-6-10-35-23-15-24-19(12-22(23)36-11-9-30-7-2-1-3-8-30)13-25(39-24)40(33,34)29-17-38(31,32)37-20-5-4-18(16-28)21(27)14-20/h1-5,7-8,12-15,29H,6,9-11,17H2. The molecule has 0 aliphatic rings. The second-order valence-corrected chi connectivity index (χ2v) is 13.3. The van der Waals surface area contributed by atoms with Crippen molar-refractivity contribution in [3.05, 3.63) is 78.4 Å². The number of nitrogens with one attached hydrogen (secondary N) is 1. The highest BCUT2D eigenvalue weighted by molar-refractivity contribution is 7.92. The Kier molecular flexibility index (Phi) is 9.63. The first kappa shape index (κ1) is 29.7. The van der Waals surface area contributed by atoms with E-state index in [1.165, 1.54) is 6.07 Å². The number of nitriles is 1. The number of thiophene rings is 1. The predicted octanol–water partition coefficient (Wildman–Crippen LogP) is 3.76. The van der Waals surface area contributed by atoms with Crippen LogP contribution in [-0.4, -0.2) is 33.8 Å². The zero-order chi connectivity index (χ0) is 28.8. The fraction of sp³-hybridized carbons (Fsp3) is 0.200. The van der Waals surface area contributed by atoms with Crippen molar-refractivity contribution in [2.75, 3.05) is 25.4 Å². The Morgan fingerprint density at radius 3 is 2.52 bits per heavy atom. The zero-order valence-electron chi connectivity index (χ0n) is 20.7. The third-order valence-electron chi connectivity index (χ3n) is 5.30. The second-order valence-electron chi connectivity index (χ2n) is 8.16. The number of benzene rings is 2. The minimum absolute atomic E-state index is 0.146. The number of alkyl halides is 1. The number of halogens is 2. The molecule has 0 aliphatic carbocycles. The van der Waals surface area contributed by atoms with Gasteiger partial charge in [-0.1, -0.05) is 6.07 Å². The molecule has 2 aromatic carbocycles. The summed E-state index contributed by atoms with van der Waals surface area (Å²) in [5.74, 6) is -0.341. The van der Waals surface area contributed by atoms with Gasteiger partial charge in [-0.3, -0.25) is 4.57 Å². The van der Waals surface area contributed by atoms with Crippen molar-refractivity contribution in [1.29, 1.82) is 5.26 Å². The quantitative estimate of drug-likeness (QED) is 0.134. The van der Waals surface area contributed by atoms with Crippen molar-refractivity contribution in [3.8, 4) is 23.3 Å². The maximum Gasteiger partial charge on any atom is 0.250 e. The van der Waals surface area contributed by atoms with Gasteiger partial charge < -0.3 is 18.9 Å². The van der Waals surface area contributed by atoms with E-state index >= 15 is 0 Å². The van der Waals surface area contributed by atoms with Gasteiger partial charge in [-0.2, -0.15) is 5.26 Å². The Bertz CT molecular complexity index is 1700. The number of nitrogens with zero attached hydrogens (tertiary/aromatic N) is 2. The maximum absolute atomic E-state index is 13.8. The summed E-state index contributed by atoms with van der Waals surface area (Å²) >= 11 is 6.68. The maximum atomic E-state index is 13.8. The molecule has 1 N–H and O–H groups in total. The monoisotopic (exact) mass is 625 g/mol. The summed E-state index contributed by atoms with van der Waals surface area (Å²) in [6.45, 7) is 1.08. The molecule has 2 aromatic heterocycles. The molecule has 0 saturated heterocycles. The average Bonchev–Trinajstić information content (AvgIpc) is 3.35. The number of sulfonamides is 1. The minimum Gasteiger partial charge on any atom is -0.768 e. The summed E-state index contributed by atoms with van der Waals surface area (Å²) in [6.07, 6.45) is 2.71. The van der Waals surface area contributed by atoms with E-state index < -0.39 is 35.5 Å². The van der Waals surface area contributed by atoms with Gasteiger partial charge in [-0.05, 0) is 29.7 Å². The van der Waals surface area contributed by atoms with Gasteiger partial charge in [0, 0.05) is 29.0 Å². The Labute approximate surface area is 238 Å². The molecule has 15 heteroatoms. The highest BCUT2D eigenvalue weighted by Gasteiger charge is 2.22. The summed E-state index contributed by atoms with van der Waals surface area (Å²) in [5.41, 5.74) is -0.293. The molecule has 1 atom stereocenters. The Balaban J connectivity index is 1.49. The fourth-order valence-electron chi connectivity index (χ4n) is 3.45. The molecule has 0 amide bonds. The van der Waals surface area contributed by atoms with Crippen molar-refractivity contribution in [2.24, 2.45) is 0 Å². The lowest BCUT2D eigenvalue weighted by molar-refractivity contribution is -0.697. The smallest absolute Gasteiger partial charge is 0.250 e. The normalized spacial score (nSPS) is 12.9. The largest absolute Gasteiger partial charge is 0.768 e. The van der Waals surface area contributed by atoms with Crippen LogP contribution in [0.15, 0.2) is 71.2 Å². The highest BCUT2D eigenvalue weighted by Crippen LogP contribution is 2.40. The van der Waals surface area contributed by atoms with Crippen LogP contribution in [0.25, 0.3) is 10.1 Å². The summed E-state index contributed by atoms with van der Waals surface area (Å²) in [5, 5.41) is 9.33. The third-order valence-corrected chi connectivity index (χ3v) is 9.67. The van der Waals surface area contributed by atoms with E-state index in [1.807, 2.05) is 39.9 Å². The molecular weight excluding hydrogens is 604 g/mol. The van der Waals surface area contributed by atoms with Gasteiger partial charge in [-0.25, -0.2) is 22.1 Å². The second kappa shape index (κ2) is 13.0. The Hall–Kier alpha value is -3.24. The molecule has 0 bridgehead atoms. The Morgan fingerprint density at radius 1 is 1.10 bits per heavy atom. The van der Waals surface area contributed by atoms with Crippen LogP contribution in [0.5, 0.6) is 17.2 Å². The molecule has 0 saturated carbocycles. The van der Waals surface area contributed by atoms with E-state index in [9.17, 15) is 22.3 Å². The molecule has 2 heterocycles. The topological polar surface area (TPSA) is 142 Å². The van der Waals surface area contributed by atoms with Gasteiger partial charge in [0.05, 0.1) is 17.7 Å². The van der Waals surface area contributed by atoms with Gasteiger partial charge >= 0.3 is 0 Å². The van der Waals surface area contributed by atoms with Gasteiger partial charge in [0.25, 0.3) is 10.0 Å². The van der Waals surface area contributed by atoms with E-state index in [1.54, 1.807) is 18.2 Å². The molecule has 0 aliphatic heterocycles. The van der Waals surface area contributed by atoms with E-state index in [0.717, 1.165) is 29.5 Å². The van der Waals surface area contributed by atoms with Crippen LogP contribution in [0.3, 0.4) is 0 Å². The number of rotatable bonds is 13. The number of aromatic nitrogens is 1. The average molecular weight is 626 g/mol. The first-order chi connectivity index (χ1) is 19.1. The first-order valence-corrected chi connectivity index (χ1v) is 16.2. The zero-order valence-corrected chi connectivity index (χ0v) is 23.9. The number of hydrogen-bond acceptors (Lipinski definition) is 9. The molecule has 0 fully saturated rings. The fourth-order valence-corrected chi connectivity index (χ4v) is 7.45. The molecule has 4 aromatic rings. The minimum atomic E-state index is -4.82. The summed E-state index contributed by atoms with van der Waals surface area (Å²) < 4.78 is 72.7. The summed E-state index contributed by atoms with van der Waals surface area (Å²) in [7, 11) is -9.08. The molecule has 0 spiro atoms. The number of hydrogen-bond donors (Lipinski definition) is 1. The van der Waals surface area contributed by atoms with Gasteiger partial charge in [0.2, 0.25) is 0 Å². The van der Waals surface area contributed by atoms with E-state index in [2.05, 4.69) is 0 Å². The number of pyridine rings is 1. The first-order valence-electron chi connectivity index (χ1n) is 11.6. The lowest BCUT2D eigenvalue weighted by atomic mass is 10.2. The molecular formula is C25H22ClFN3O7PS2.